The van der Waals surface area contributed by atoms with Crippen LogP contribution in [-0.2, 0) is 4.74 Å². The zero-order valence-corrected chi connectivity index (χ0v) is 9.19. The van der Waals surface area contributed by atoms with Crippen molar-refractivity contribution >= 4 is 0 Å². The van der Waals surface area contributed by atoms with Gasteiger partial charge >= 0.3 is 0 Å². The fourth-order valence-corrected chi connectivity index (χ4v) is 3.39. The van der Waals surface area contributed by atoms with Gasteiger partial charge in [0.1, 0.15) is 0 Å². The molecule has 3 fully saturated rings. The van der Waals surface area contributed by atoms with Crippen LogP contribution in [0.1, 0.15) is 44.9 Å². The summed E-state index contributed by atoms with van der Waals surface area (Å²) >= 11 is 0. The van der Waals surface area contributed by atoms with Gasteiger partial charge in [-0.3, -0.25) is 0 Å². The lowest BCUT2D eigenvalue weighted by molar-refractivity contribution is 0.0680. The van der Waals surface area contributed by atoms with Gasteiger partial charge in [0.2, 0.25) is 0 Å². The second-order valence-corrected chi connectivity index (χ2v) is 5.34. The average molecular weight is 211 g/mol. The Morgan fingerprint density at radius 2 is 1.87 bits per heavy atom. The van der Waals surface area contributed by atoms with E-state index < -0.39 is 0 Å². The van der Waals surface area contributed by atoms with Gasteiger partial charge in [-0.25, -0.2) is 0 Å². The van der Waals surface area contributed by atoms with Crippen molar-refractivity contribution in [3.8, 4) is 0 Å². The Balaban J connectivity index is 1.56. The summed E-state index contributed by atoms with van der Waals surface area (Å²) in [5, 5.41) is 13.5. The Morgan fingerprint density at radius 3 is 2.53 bits per heavy atom. The van der Waals surface area contributed by atoms with Crippen molar-refractivity contribution in [2.45, 2.75) is 75.3 Å². The van der Waals surface area contributed by atoms with Gasteiger partial charge in [0.05, 0.1) is 18.3 Å². The number of hydrogen-bond acceptors (Lipinski definition) is 3. The van der Waals surface area contributed by atoms with E-state index in [0.29, 0.717) is 24.3 Å². The van der Waals surface area contributed by atoms with Gasteiger partial charge in [-0.2, -0.15) is 0 Å². The Bertz CT molecular complexity index is 234. The molecule has 0 aromatic heterocycles. The van der Waals surface area contributed by atoms with E-state index in [4.69, 9.17) is 4.74 Å². The van der Waals surface area contributed by atoms with Crippen LogP contribution in [-0.4, -0.2) is 35.5 Å². The molecule has 15 heavy (non-hydrogen) atoms. The maximum Gasteiger partial charge on any atom is 0.0733 e. The summed E-state index contributed by atoms with van der Waals surface area (Å²) in [6.45, 7) is 0. The maximum atomic E-state index is 9.90. The highest BCUT2D eigenvalue weighted by Gasteiger charge is 2.42. The molecule has 2 N–H and O–H groups in total. The summed E-state index contributed by atoms with van der Waals surface area (Å²) in [4.78, 5) is 0. The van der Waals surface area contributed by atoms with Crippen LogP contribution < -0.4 is 5.32 Å². The van der Waals surface area contributed by atoms with Crippen LogP contribution in [0.2, 0.25) is 0 Å². The molecule has 1 aliphatic carbocycles. The van der Waals surface area contributed by atoms with Crippen LogP contribution >= 0.6 is 0 Å². The van der Waals surface area contributed by atoms with Crippen molar-refractivity contribution in [3.63, 3.8) is 0 Å². The molecule has 3 unspecified atom stereocenters. The number of nitrogens with one attached hydrogen (secondary N) is 1. The zero-order chi connectivity index (χ0) is 10.3. The predicted molar refractivity (Wildman–Crippen MR) is 57.7 cm³/mol. The summed E-state index contributed by atoms with van der Waals surface area (Å²) in [5.41, 5.74) is 0. The number of rotatable bonds is 2. The smallest absolute Gasteiger partial charge is 0.0733 e. The molecule has 1 saturated carbocycles. The van der Waals surface area contributed by atoms with Gasteiger partial charge < -0.3 is 15.2 Å². The highest BCUT2D eigenvalue weighted by atomic mass is 16.5. The standard InChI is InChI=1S/C12H21NO2/c14-11-4-2-1-3-9(11)13-10-7-8-5-6-12(10)15-8/h8-14H,1-7H2/t8?,9-,10?,11-,12?/m1/s1. The molecule has 3 rings (SSSR count). The molecule has 0 aromatic carbocycles. The Morgan fingerprint density at radius 1 is 1.00 bits per heavy atom. The molecule has 0 radical (unpaired) electrons. The molecule has 2 aliphatic heterocycles. The van der Waals surface area contributed by atoms with E-state index in [0.717, 1.165) is 19.3 Å². The number of hydrogen-bond donors (Lipinski definition) is 2. The molecule has 0 aromatic rings. The van der Waals surface area contributed by atoms with E-state index >= 15 is 0 Å². The van der Waals surface area contributed by atoms with Crippen LogP contribution in [0.5, 0.6) is 0 Å². The molecule has 2 saturated heterocycles. The summed E-state index contributed by atoms with van der Waals surface area (Å²) in [5.74, 6) is 0. The normalized spacial score (nSPS) is 49.8. The second kappa shape index (κ2) is 4.04. The summed E-state index contributed by atoms with van der Waals surface area (Å²) in [6, 6.07) is 0.841. The molecule has 0 spiro atoms. The summed E-state index contributed by atoms with van der Waals surface area (Å²) in [7, 11) is 0. The van der Waals surface area contributed by atoms with Gasteiger partial charge in [0.15, 0.2) is 0 Å². The minimum Gasteiger partial charge on any atom is -0.392 e. The molecule has 3 heteroatoms. The maximum absolute atomic E-state index is 9.90. The van der Waals surface area contributed by atoms with Crippen molar-refractivity contribution in [3.05, 3.63) is 0 Å². The van der Waals surface area contributed by atoms with E-state index in [2.05, 4.69) is 5.32 Å². The largest absolute Gasteiger partial charge is 0.392 e. The third-order valence-corrected chi connectivity index (χ3v) is 4.26. The first-order chi connectivity index (χ1) is 7.33. The third-order valence-electron chi connectivity index (χ3n) is 4.26. The highest BCUT2D eigenvalue weighted by Crippen LogP contribution is 2.35. The van der Waals surface area contributed by atoms with Gasteiger partial charge in [-0.05, 0) is 32.1 Å². The Hall–Kier alpha value is -0.120. The zero-order valence-electron chi connectivity index (χ0n) is 9.19. The highest BCUT2D eigenvalue weighted by molar-refractivity contribution is 4.96. The molecule has 2 heterocycles. The number of fused-ring (bicyclic) bond motifs is 2. The number of aliphatic hydroxyl groups is 1. The van der Waals surface area contributed by atoms with Crippen molar-refractivity contribution in [1.29, 1.82) is 0 Å². The van der Waals surface area contributed by atoms with Crippen molar-refractivity contribution in [2.24, 2.45) is 0 Å². The summed E-state index contributed by atoms with van der Waals surface area (Å²) in [6.07, 6.45) is 8.99. The lowest BCUT2D eigenvalue weighted by Gasteiger charge is -2.33. The molecule has 2 bridgehead atoms. The number of aliphatic hydroxyl groups excluding tert-OH is 1. The molecule has 86 valence electrons. The van der Waals surface area contributed by atoms with E-state index in [9.17, 15) is 5.11 Å². The van der Waals surface area contributed by atoms with Gasteiger partial charge in [-0.15, -0.1) is 0 Å². The van der Waals surface area contributed by atoms with Gasteiger partial charge in [-0.1, -0.05) is 12.8 Å². The molecule has 3 aliphatic rings. The lowest BCUT2D eigenvalue weighted by Crippen LogP contribution is -2.50. The predicted octanol–water partition coefficient (Wildman–Crippen LogP) is 1.20. The van der Waals surface area contributed by atoms with Crippen LogP contribution in [0.15, 0.2) is 0 Å². The summed E-state index contributed by atoms with van der Waals surface area (Å²) < 4.78 is 5.82. The quantitative estimate of drug-likeness (QED) is 0.721. The topological polar surface area (TPSA) is 41.5 Å². The van der Waals surface area contributed by atoms with Crippen molar-refractivity contribution in [1.82, 2.24) is 5.32 Å². The van der Waals surface area contributed by atoms with Crippen molar-refractivity contribution in [2.75, 3.05) is 0 Å². The Kier molecular flexibility index (Phi) is 2.71. The van der Waals surface area contributed by atoms with E-state index in [1.807, 2.05) is 0 Å². The molecular weight excluding hydrogens is 190 g/mol. The molecule has 0 amide bonds. The average Bonchev–Trinajstić information content (AvgIpc) is 2.83. The van der Waals surface area contributed by atoms with E-state index in [1.54, 1.807) is 0 Å². The van der Waals surface area contributed by atoms with Crippen LogP contribution in [0.3, 0.4) is 0 Å². The Labute approximate surface area is 91.2 Å². The van der Waals surface area contributed by atoms with E-state index in [1.165, 1.54) is 25.7 Å². The van der Waals surface area contributed by atoms with Gasteiger partial charge in [0, 0.05) is 12.1 Å². The fourth-order valence-electron chi connectivity index (χ4n) is 3.39. The van der Waals surface area contributed by atoms with E-state index in [-0.39, 0.29) is 6.10 Å². The molecule has 5 atom stereocenters. The van der Waals surface area contributed by atoms with Crippen LogP contribution in [0.25, 0.3) is 0 Å². The first kappa shape index (κ1) is 10.1. The molecular formula is C12H21NO2. The minimum absolute atomic E-state index is 0.127. The minimum atomic E-state index is -0.127. The SMILES string of the molecule is O[C@@H]1CCCC[C@H]1NC1CC2CCC1O2. The van der Waals surface area contributed by atoms with Crippen LogP contribution in [0, 0.1) is 0 Å². The van der Waals surface area contributed by atoms with Gasteiger partial charge in [0.25, 0.3) is 0 Å². The monoisotopic (exact) mass is 211 g/mol. The first-order valence-electron chi connectivity index (χ1n) is 6.42. The van der Waals surface area contributed by atoms with Crippen LogP contribution in [0.4, 0.5) is 0 Å². The third kappa shape index (κ3) is 1.93. The lowest BCUT2D eigenvalue weighted by atomic mass is 9.89. The molecule has 3 nitrogen and oxygen atoms in total. The fraction of sp³-hybridized carbons (Fsp3) is 1.00. The second-order valence-electron chi connectivity index (χ2n) is 5.34. The van der Waals surface area contributed by atoms with Crippen molar-refractivity contribution < 1.29 is 9.84 Å². The first-order valence-corrected chi connectivity index (χ1v) is 6.42. The number of ether oxygens (including phenoxy) is 1.